The Morgan fingerprint density at radius 1 is 1.14 bits per heavy atom. The average molecular weight is 421 g/mol. The van der Waals surface area contributed by atoms with E-state index in [0.29, 0.717) is 17.2 Å². The van der Waals surface area contributed by atoms with Gasteiger partial charge in [-0.2, -0.15) is 0 Å². The van der Waals surface area contributed by atoms with E-state index in [0.717, 1.165) is 29.2 Å². The van der Waals surface area contributed by atoms with Gasteiger partial charge in [-0.3, -0.25) is 0 Å². The van der Waals surface area contributed by atoms with Crippen LogP contribution in [-0.2, 0) is 0 Å². The van der Waals surface area contributed by atoms with E-state index >= 15 is 0 Å². The summed E-state index contributed by atoms with van der Waals surface area (Å²) in [5.74, 6) is -0.889. The Balaban J connectivity index is 2.54. The minimum Gasteiger partial charge on any atom is -0.369 e. The summed E-state index contributed by atoms with van der Waals surface area (Å²) < 4.78 is 27.6. The third-order valence-corrected chi connectivity index (χ3v) is 4.56. The predicted molar refractivity (Wildman–Crippen MR) is 86.3 cm³/mol. The number of aryl methyl sites for hydroxylation is 1. The summed E-state index contributed by atoms with van der Waals surface area (Å²) in [4.78, 5) is 8.71. The van der Waals surface area contributed by atoms with Crippen molar-refractivity contribution in [1.82, 2.24) is 9.97 Å². The summed E-state index contributed by atoms with van der Waals surface area (Å²) >= 11 is 6.49. The van der Waals surface area contributed by atoms with Crippen LogP contribution in [0.1, 0.15) is 19.0 Å². The lowest BCUT2D eigenvalue weighted by atomic mass is 10.2. The molecule has 0 spiro atoms. The van der Waals surface area contributed by atoms with Crippen molar-refractivity contribution >= 4 is 37.7 Å². The van der Waals surface area contributed by atoms with Crippen LogP contribution in [0.25, 0.3) is 11.4 Å². The fraction of sp³-hybridized carbons (Fsp3) is 0.286. The van der Waals surface area contributed by atoms with E-state index in [1.54, 1.807) is 0 Å². The summed E-state index contributed by atoms with van der Waals surface area (Å²) in [6.45, 7) is 4.62. The first-order chi connectivity index (χ1) is 9.95. The number of rotatable bonds is 4. The van der Waals surface area contributed by atoms with Gasteiger partial charge in [0.05, 0.1) is 14.6 Å². The molecule has 112 valence electrons. The van der Waals surface area contributed by atoms with Crippen LogP contribution >= 0.6 is 31.9 Å². The molecular formula is C14H13Br2F2N3. The van der Waals surface area contributed by atoms with Crippen molar-refractivity contribution in [2.24, 2.45) is 0 Å². The van der Waals surface area contributed by atoms with Gasteiger partial charge in [0, 0.05) is 12.1 Å². The van der Waals surface area contributed by atoms with Crippen LogP contribution in [0.2, 0.25) is 0 Å². The van der Waals surface area contributed by atoms with Gasteiger partial charge in [0.25, 0.3) is 0 Å². The Kier molecular flexibility index (Phi) is 5.27. The van der Waals surface area contributed by atoms with Crippen LogP contribution in [0.5, 0.6) is 0 Å². The van der Waals surface area contributed by atoms with Crippen LogP contribution in [0, 0.1) is 18.6 Å². The Morgan fingerprint density at radius 3 is 2.52 bits per heavy atom. The van der Waals surface area contributed by atoms with Crippen molar-refractivity contribution in [3.05, 3.63) is 38.4 Å². The second-order valence-corrected chi connectivity index (χ2v) is 6.03. The summed E-state index contributed by atoms with van der Waals surface area (Å²) in [7, 11) is 0. The molecule has 0 bridgehead atoms. The molecule has 0 aliphatic heterocycles. The number of nitrogens with one attached hydrogen (secondary N) is 1. The molecule has 2 rings (SSSR count). The summed E-state index contributed by atoms with van der Waals surface area (Å²) in [5, 5.41) is 3.18. The van der Waals surface area contributed by atoms with E-state index < -0.39 is 11.6 Å². The van der Waals surface area contributed by atoms with Crippen LogP contribution in [0.15, 0.2) is 21.1 Å². The Labute approximate surface area is 138 Å². The molecule has 0 amide bonds. The summed E-state index contributed by atoms with van der Waals surface area (Å²) in [6, 6.07) is 2.52. The lowest BCUT2D eigenvalue weighted by Crippen LogP contribution is -2.06. The normalized spacial score (nSPS) is 10.8. The van der Waals surface area contributed by atoms with E-state index in [1.807, 2.05) is 13.8 Å². The number of hydrogen-bond acceptors (Lipinski definition) is 3. The van der Waals surface area contributed by atoms with Crippen molar-refractivity contribution in [1.29, 1.82) is 0 Å². The van der Waals surface area contributed by atoms with Gasteiger partial charge in [-0.25, -0.2) is 18.7 Å². The number of halogens is 4. The van der Waals surface area contributed by atoms with Gasteiger partial charge in [0.1, 0.15) is 5.82 Å². The molecule has 0 saturated carbocycles. The van der Waals surface area contributed by atoms with Crippen LogP contribution < -0.4 is 5.32 Å². The quantitative estimate of drug-likeness (QED) is 0.701. The Bertz CT molecular complexity index is 678. The molecule has 0 saturated heterocycles. The molecule has 3 nitrogen and oxygen atoms in total. The first-order valence-electron chi connectivity index (χ1n) is 6.37. The standard InChI is InChI=1S/C14H13Br2F2N3/c1-3-6-19-14-10(15)7(2)20-13(21-14)8-4-5-9(17)12(18)11(8)16/h4-5H,3,6H2,1-2H3,(H,19,20,21). The van der Waals surface area contributed by atoms with Gasteiger partial charge in [-0.05, 0) is 57.3 Å². The molecule has 1 aromatic heterocycles. The van der Waals surface area contributed by atoms with Crippen molar-refractivity contribution in [2.75, 3.05) is 11.9 Å². The topological polar surface area (TPSA) is 37.8 Å². The molecule has 0 aliphatic carbocycles. The maximum Gasteiger partial charge on any atom is 0.173 e. The van der Waals surface area contributed by atoms with Crippen LogP contribution in [0.3, 0.4) is 0 Å². The first kappa shape index (κ1) is 16.3. The zero-order valence-corrected chi connectivity index (χ0v) is 14.6. The Morgan fingerprint density at radius 2 is 1.86 bits per heavy atom. The molecule has 0 fully saturated rings. The van der Waals surface area contributed by atoms with E-state index in [-0.39, 0.29) is 4.47 Å². The number of hydrogen-bond donors (Lipinski definition) is 1. The third-order valence-electron chi connectivity index (χ3n) is 2.84. The zero-order valence-electron chi connectivity index (χ0n) is 11.5. The molecule has 2 aromatic rings. The van der Waals surface area contributed by atoms with E-state index in [4.69, 9.17) is 0 Å². The fourth-order valence-corrected chi connectivity index (χ4v) is 2.56. The Hall–Kier alpha value is -1.08. The minimum absolute atomic E-state index is 0.0191. The second-order valence-electron chi connectivity index (χ2n) is 4.44. The highest BCUT2D eigenvalue weighted by molar-refractivity contribution is 9.11. The first-order valence-corrected chi connectivity index (χ1v) is 7.96. The molecule has 21 heavy (non-hydrogen) atoms. The van der Waals surface area contributed by atoms with Crippen LogP contribution in [0.4, 0.5) is 14.6 Å². The predicted octanol–water partition coefficient (Wildman–Crippen LogP) is 5.08. The van der Waals surface area contributed by atoms with Crippen LogP contribution in [-0.4, -0.2) is 16.5 Å². The lowest BCUT2D eigenvalue weighted by molar-refractivity contribution is 0.504. The maximum absolute atomic E-state index is 13.7. The third kappa shape index (κ3) is 3.40. The molecule has 1 heterocycles. The molecule has 0 aliphatic rings. The minimum atomic E-state index is -0.945. The molecule has 1 N–H and O–H groups in total. The highest BCUT2D eigenvalue weighted by Crippen LogP contribution is 2.32. The van der Waals surface area contributed by atoms with Crippen molar-refractivity contribution in [3.8, 4) is 11.4 Å². The smallest absolute Gasteiger partial charge is 0.173 e. The molecule has 1 aromatic carbocycles. The zero-order chi connectivity index (χ0) is 15.6. The van der Waals surface area contributed by atoms with E-state index in [2.05, 4.69) is 47.1 Å². The number of nitrogens with zero attached hydrogens (tertiary/aromatic N) is 2. The largest absolute Gasteiger partial charge is 0.369 e. The van der Waals surface area contributed by atoms with Crippen molar-refractivity contribution in [2.45, 2.75) is 20.3 Å². The number of anilines is 1. The molecule has 0 unspecified atom stereocenters. The van der Waals surface area contributed by atoms with Gasteiger partial charge < -0.3 is 5.32 Å². The highest BCUT2D eigenvalue weighted by atomic mass is 79.9. The van der Waals surface area contributed by atoms with Crippen molar-refractivity contribution in [3.63, 3.8) is 0 Å². The molecular weight excluding hydrogens is 408 g/mol. The van der Waals surface area contributed by atoms with E-state index in [1.165, 1.54) is 6.07 Å². The maximum atomic E-state index is 13.7. The molecule has 7 heteroatoms. The lowest BCUT2D eigenvalue weighted by Gasteiger charge is -2.12. The second kappa shape index (κ2) is 6.79. The fourth-order valence-electron chi connectivity index (χ4n) is 1.74. The molecule has 0 atom stereocenters. The summed E-state index contributed by atoms with van der Waals surface area (Å²) in [6.07, 6.45) is 0.944. The number of aromatic nitrogens is 2. The van der Waals surface area contributed by atoms with Gasteiger partial charge in [0.15, 0.2) is 17.5 Å². The van der Waals surface area contributed by atoms with Gasteiger partial charge in [-0.15, -0.1) is 0 Å². The molecule has 0 radical (unpaired) electrons. The van der Waals surface area contributed by atoms with E-state index in [9.17, 15) is 8.78 Å². The van der Waals surface area contributed by atoms with Gasteiger partial charge in [-0.1, -0.05) is 6.92 Å². The average Bonchev–Trinajstić information content (AvgIpc) is 2.46. The van der Waals surface area contributed by atoms with Crippen molar-refractivity contribution < 1.29 is 8.78 Å². The monoisotopic (exact) mass is 419 g/mol. The number of benzene rings is 1. The highest BCUT2D eigenvalue weighted by Gasteiger charge is 2.17. The SMILES string of the molecule is CCCNc1nc(-c2ccc(F)c(F)c2Br)nc(C)c1Br. The van der Waals surface area contributed by atoms with Gasteiger partial charge >= 0.3 is 0 Å². The van der Waals surface area contributed by atoms with Gasteiger partial charge in [0.2, 0.25) is 0 Å². The summed E-state index contributed by atoms with van der Waals surface area (Å²) in [5.41, 5.74) is 1.12.